The molecule has 8 heteroatoms. The minimum absolute atomic E-state index is 0.224. The van der Waals surface area contributed by atoms with E-state index in [2.05, 4.69) is 27.9 Å². The number of amides is 1. The Morgan fingerprint density at radius 3 is 2.90 bits per heavy atom. The van der Waals surface area contributed by atoms with Crippen molar-refractivity contribution in [2.24, 2.45) is 0 Å². The number of nitrogens with zero attached hydrogens (tertiary/aromatic N) is 2. The number of aromatic nitrogens is 2. The molecule has 0 bridgehead atoms. The van der Waals surface area contributed by atoms with Crippen LogP contribution in [0.2, 0.25) is 0 Å². The summed E-state index contributed by atoms with van der Waals surface area (Å²) in [7, 11) is 0. The van der Waals surface area contributed by atoms with Crippen LogP contribution in [0, 0.1) is 25.5 Å². The Morgan fingerprint density at radius 2 is 2.17 bits per heavy atom. The first kappa shape index (κ1) is 19.7. The van der Waals surface area contributed by atoms with Crippen LogP contribution >= 0.6 is 11.3 Å². The second-order valence-corrected chi connectivity index (χ2v) is 8.00. The van der Waals surface area contributed by atoms with Crippen LogP contribution in [-0.4, -0.2) is 28.2 Å². The molecule has 0 saturated carbocycles. The summed E-state index contributed by atoms with van der Waals surface area (Å²) in [6.45, 7) is 5.73. The predicted molar refractivity (Wildman–Crippen MR) is 108 cm³/mol. The van der Waals surface area contributed by atoms with Crippen LogP contribution in [-0.2, 0) is 11.3 Å². The van der Waals surface area contributed by atoms with E-state index >= 15 is 0 Å². The average Bonchev–Trinajstić information content (AvgIpc) is 3.40. The normalized spacial score (nSPS) is 16.3. The Morgan fingerprint density at radius 1 is 1.34 bits per heavy atom. The maximum Gasteiger partial charge on any atom is 0.260 e. The molecule has 2 aromatic heterocycles. The Bertz CT molecular complexity index is 1050. The molecule has 1 aliphatic heterocycles. The van der Waals surface area contributed by atoms with Crippen LogP contribution in [0.1, 0.15) is 34.6 Å². The Labute approximate surface area is 171 Å². The summed E-state index contributed by atoms with van der Waals surface area (Å²) in [5.74, 6) is -2.29. The van der Waals surface area contributed by atoms with Gasteiger partial charge in [-0.25, -0.2) is 13.8 Å². The Kier molecular flexibility index (Phi) is 5.47. The SMILES string of the molecule is Cc1cc(-c2csc(NC(=O)c3ccc(F)cc3F)n2)c(C)n1C[C@H]1CCCO1. The number of rotatable bonds is 5. The van der Waals surface area contributed by atoms with Crippen LogP contribution in [0.3, 0.4) is 0 Å². The molecule has 1 amide bonds. The molecule has 0 aliphatic carbocycles. The predicted octanol–water partition coefficient (Wildman–Crippen LogP) is 4.94. The fourth-order valence-corrected chi connectivity index (χ4v) is 4.33. The molecule has 5 nitrogen and oxygen atoms in total. The van der Waals surface area contributed by atoms with Crippen molar-refractivity contribution >= 4 is 22.4 Å². The molecule has 1 aromatic carbocycles. The largest absolute Gasteiger partial charge is 0.376 e. The number of carbonyl (C=O) groups is 1. The van der Waals surface area contributed by atoms with E-state index in [4.69, 9.17) is 4.74 Å². The van der Waals surface area contributed by atoms with E-state index in [1.807, 2.05) is 12.3 Å². The van der Waals surface area contributed by atoms with Crippen molar-refractivity contribution in [3.63, 3.8) is 0 Å². The van der Waals surface area contributed by atoms with E-state index in [0.29, 0.717) is 11.2 Å². The van der Waals surface area contributed by atoms with Gasteiger partial charge in [0.1, 0.15) is 11.6 Å². The van der Waals surface area contributed by atoms with Crippen LogP contribution < -0.4 is 5.32 Å². The standard InChI is InChI=1S/C21H21F2N3O2S/c1-12-8-17(13(2)26(12)10-15-4-3-7-28-15)19-11-29-21(24-19)25-20(27)16-6-5-14(22)9-18(16)23/h5-6,8-9,11,15H,3-4,7,10H2,1-2H3,(H,24,25,27)/t15-/m1/s1. The number of ether oxygens (including phenoxy) is 1. The average molecular weight is 417 g/mol. The molecular weight excluding hydrogens is 396 g/mol. The van der Waals surface area contributed by atoms with E-state index < -0.39 is 17.5 Å². The second-order valence-electron chi connectivity index (χ2n) is 7.15. The van der Waals surface area contributed by atoms with Crippen molar-refractivity contribution in [1.29, 1.82) is 0 Å². The molecule has 0 unspecified atom stereocenters. The smallest absolute Gasteiger partial charge is 0.260 e. The van der Waals surface area contributed by atoms with Crippen LogP contribution in [0.25, 0.3) is 11.3 Å². The minimum Gasteiger partial charge on any atom is -0.376 e. The van der Waals surface area contributed by atoms with Crippen LogP contribution in [0.15, 0.2) is 29.6 Å². The van der Waals surface area contributed by atoms with E-state index in [1.54, 1.807) is 0 Å². The highest BCUT2D eigenvalue weighted by Crippen LogP contribution is 2.31. The quantitative estimate of drug-likeness (QED) is 0.640. The first-order valence-corrected chi connectivity index (χ1v) is 10.3. The fourth-order valence-electron chi connectivity index (χ4n) is 3.63. The molecule has 1 saturated heterocycles. The van der Waals surface area contributed by atoms with E-state index in [-0.39, 0.29) is 11.7 Å². The zero-order valence-corrected chi connectivity index (χ0v) is 17.0. The summed E-state index contributed by atoms with van der Waals surface area (Å²) < 4.78 is 34.8. The van der Waals surface area contributed by atoms with Crippen LogP contribution in [0.5, 0.6) is 0 Å². The Hall–Kier alpha value is -2.58. The lowest BCUT2D eigenvalue weighted by molar-refractivity contribution is 0.0962. The minimum atomic E-state index is -0.906. The van der Waals surface area contributed by atoms with E-state index in [0.717, 1.165) is 60.8 Å². The lowest BCUT2D eigenvalue weighted by Crippen LogP contribution is -2.16. The van der Waals surface area contributed by atoms with Gasteiger partial charge in [-0.15, -0.1) is 11.3 Å². The van der Waals surface area contributed by atoms with E-state index in [9.17, 15) is 13.6 Å². The number of halogens is 2. The number of thiazole rings is 1. The van der Waals surface area contributed by atoms with Crippen molar-refractivity contribution in [2.45, 2.75) is 39.3 Å². The summed E-state index contributed by atoms with van der Waals surface area (Å²) >= 11 is 1.26. The number of nitrogens with one attached hydrogen (secondary N) is 1. The molecule has 4 rings (SSSR count). The zero-order valence-electron chi connectivity index (χ0n) is 16.2. The molecule has 1 N–H and O–H groups in total. The van der Waals surface area contributed by atoms with Gasteiger partial charge in [-0.05, 0) is 44.9 Å². The maximum atomic E-state index is 13.8. The third-order valence-corrected chi connectivity index (χ3v) is 5.92. The number of carbonyl (C=O) groups excluding carboxylic acids is 1. The van der Waals surface area contributed by atoms with Gasteiger partial charge >= 0.3 is 0 Å². The first-order valence-electron chi connectivity index (χ1n) is 9.43. The van der Waals surface area contributed by atoms with Crippen molar-refractivity contribution in [3.05, 3.63) is 58.2 Å². The van der Waals surface area contributed by atoms with Gasteiger partial charge in [0, 0.05) is 41.5 Å². The fraction of sp³-hybridized carbons (Fsp3) is 0.333. The molecule has 1 atom stereocenters. The summed E-state index contributed by atoms with van der Waals surface area (Å²) in [6, 6.07) is 4.93. The van der Waals surface area contributed by atoms with Gasteiger partial charge in [0.05, 0.1) is 17.4 Å². The number of hydrogen-bond acceptors (Lipinski definition) is 4. The molecule has 29 heavy (non-hydrogen) atoms. The number of hydrogen-bond donors (Lipinski definition) is 1. The highest BCUT2D eigenvalue weighted by Gasteiger charge is 2.21. The highest BCUT2D eigenvalue weighted by atomic mass is 32.1. The van der Waals surface area contributed by atoms with Crippen LogP contribution in [0.4, 0.5) is 13.9 Å². The van der Waals surface area contributed by atoms with Gasteiger partial charge in [0.25, 0.3) is 5.91 Å². The third-order valence-electron chi connectivity index (χ3n) is 5.16. The van der Waals surface area contributed by atoms with Gasteiger partial charge in [-0.3, -0.25) is 10.1 Å². The molecule has 152 valence electrons. The van der Waals surface area contributed by atoms with Crippen molar-refractivity contribution < 1.29 is 18.3 Å². The molecule has 1 aliphatic rings. The first-order chi connectivity index (χ1) is 13.9. The number of aryl methyl sites for hydroxylation is 1. The van der Waals surface area contributed by atoms with Gasteiger partial charge in [0.2, 0.25) is 0 Å². The van der Waals surface area contributed by atoms with E-state index in [1.165, 1.54) is 11.3 Å². The van der Waals surface area contributed by atoms with Gasteiger partial charge in [-0.2, -0.15) is 0 Å². The molecule has 0 spiro atoms. The molecule has 0 radical (unpaired) electrons. The van der Waals surface area contributed by atoms with Gasteiger partial charge in [-0.1, -0.05) is 0 Å². The number of benzene rings is 1. The van der Waals surface area contributed by atoms with Crippen molar-refractivity contribution in [2.75, 3.05) is 11.9 Å². The summed E-state index contributed by atoms with van der Waals surface area (Å²) in [4.78, 5) is 16.8. The van der Waals surface area contributed by atoms with Gasteiger partial charge < -0.3 is 9.30 Å². The van der Waals surface area contributed by atoms with Crippen molar-refractivity contribution in [3.8, 4) is 11.3 Å². The topological polar surface area (TPSA) is 56.2 Å². The molecule has 3 heterocycles. The second kappa shape index (κ2) is 8.04. The molecule has 3 aromatic rings. The lowest BCUT2D eigenvalue weighted by atomic mass is 10.2. The zero-order chi connectivity index (χ0) is 20.5. The highest BCUT2D eigenvalue weighted by molar-refractivity contribution is 7.14. The third kappa shape index (κ3) is 4.09. The van der Waals surface area contributed by atoms with Gasteiger partial charge in [0.15, 0.2) is 5.13 Å². The summed E-state index contributed by atoms with van der Waals surface area (Å²) in [5.41, 5.74) is 3.73. The molecular formula is C21H21F2N3O2S. The summed E-state index contributed by atoms with van der Waals surface area (Å²) in [5, 5.41) is 4.80. The summed E-state index contributed by atoms with van der Waals surface area (Å²) in [6.07, 6.45) is 2.41. The maximum absolute atomic E-state index is 13.8. The Balaban J connectivity index is 1.52. The number of anilines is 1. The molecule has 1 fully saturated rings. The monoisotopic (exact) mass is 417 g/mol. The lowest BCUT2D eigenvalue weighted by Gasteiger charge is -2.14. The van der Waals surface area contributed by atoms with Crippen molar-refractivity contribution in [1.82, 2.24) is 9.55 Å².